The molecule has 0 radical (unpaired) electrons. The van der Waals surface area contributed by atoms with Crippen LogP contribution in [0.4, 0.5) is 5.82 Å². The van der Waals surface area contributed by atoms with E-state index in [0.717, 1.165) is 19.4 Å². The van der Waals surface area contributed by atoms with Crippen LogP contribution in [0.1, 0.15) is 30.3 Å². The lowest BCUT2D eigenvalue weighted by Gasteiger charge is -2.29. The normalized spacial score (nSPS) is 21.8. The third-order valence-electron chi connectivity index (χ3n) is 3.81. The van der Waals surface area contributed by atoms with Crippen LogP contribution in [0.25, 0.3) is 5.65 Å². The number of hydrogen-bond donors (Lipinski definition) is 1. The Bertz CT molecular complexity index is 676. The van der Waals surface area contributed by atoms with Crippen molar-refractivity contribution in [3.63, 3.8) is 0 Å². The van der Waals surface area contributed by atoms with Crippen molar-refractivity contribution in [1.82, 2.24) is 14.4 Å². The average molecular weight is 290 g/mol. The number of aromatic nitrogens is 3. The minimum absolute atomic E-state index is 0.0148. The van der Waals surface area contributed by atoms with Gasteiger partial charge in [-0.1, -0.05) is 0 Å². The number of anilines is 1. The van der Waals surface area contributed by atoms with Crippen LogP contribution in [0.5, 0.6) is 0 Å². The smallest absolute Gasteiger partial charge is 0.356 e. The summed E-state index contributed by atoms with van der Waals surface area (Å²) in [5.74, 6) is -0.389. The molecule has 1 aliphatic rings. The van der Waals surface area contributed by atoms with Gasteiger partial charge in [0.1, 0.15) is 0 Å². The van der Waals surface area contributed by atoms with Crippen molar-refractivity contribution < 1.29 is 14.6 Å². The Kier molecular flexibility index (Phi) is 3.29. The minimum Gasteiger partial charge on any atom is -0.476 e. The van der Waals surface area contributed by atoms with Crippen LogP contribution in [-0.4, -0.2) is 51.2 Å². The zero-order chi connectivity index (χ0) is 15.0. The third-order valence-corrected chi connectivity index (χ3v) is 3.81. The Morgan fingerprint density at radius 1 is 1.62 bits per heavy atom. The van der Waals surface area contributed by atoms with Gasteiger partial charge in [-0.2, -0.15) is 0 Å². The molecule has 1 unspecified atom stereocenters. The van der Waals surface area contributed by atoms with E-state index in [9.17, 15) is 4.79 Å². The number of aromatic carboxylic acids is 1. The molecule has 0 aliphatic carbocycles. The van der Waals surface area contributed by atoms with Crippen molar-refractivity contribution in [2.75, 3.05) is 25.1 Å². The summed E-state index contributed by atoms with van der Waals surface area (Å²) in [6.45, 7) is 3.56. The van der Waals surface area contributed by atoms with Gasteiger partial charge in [0.25, 0.3) is 0 Å². The molecule has 3 rings (SSSR count). The highest BCUT2D eigenvalue weighted by atomic mass is 16.5. The molecule has 1 aliphatic heterocycles. The Morgan fingerprint density at radius 3 is 3.10 bits per heavy atom. The van der Waals surface area contributed by atoms with Gasteiger partial charge in [-0.3, -0.25) is 0 Å². The molecule has 7 heteroatoms. The molecule has 0 saturated carbocycles. The molecule has 1 N–H and O–H groups in total. The fourth-order valence-electron chi connectivity index (χ4n) is 2.82. The molecule has 1 saturated heterocycles. The van der Waals surface area contributed by atoms with Gasteiger partial charge in [0.05, 0.1) is 5.60 Å². The first-order valence-corrected chi connectivity index (χ1v) is 6.91. The van der Waals surface area contributed by atoms with Crippen molar-refractivity contribution in [2.24, 2.45) is 0 Å². The summed E-state index contributed by atoms with van der Waals surface area (Å²) in [5.41, 5.74) is 0.367. The second-order valence-electron chi connectivity index (χ2n) is 5.67. The maximum Gasteiger partial charge on any atom is 0.356 e. The molecule has 2 aromatic heterocycles. The third kappa shape index (κ3) is 2.56. The average Bonchev–Trinajstić information content (AvgIpc) is 3.04. The van der Waals surface area contributed by atoms with Crippen LogP contribution in [0.15, 0.2) is 18.6 Å². The highest BCUT2D eigenvalue weighted by Crippen LogP contribution is 2.28. The zero-order valence-electron chi connectivity index (χ0n) is 12.1. The van der Waals surface area contributed by atoms with E-state index < -0.39 is 5.97 Å². The van der Waals surface area contributed by atoms with Gasteiger partial charge < -0.3 is 19.1 Å². The maximum absolute atomic E-state index is 11.1. The van der Waals surface area contributed by atoms with Crippen LogP contribution in [0, 0.1) is 0 Å². The highest BCUT2D eigenvalue weighted by molar-refractivity contribution is 5.87. The lowest BCUT2D eigenvalue weighted by molar-refractivity contribution is 0.0271. The Labute approximate surface area is 122 Å². The fourth-order valence-corrected chi connectivity index (χ4v) is 2.82. The Hall–Kier alpha value is -2.15. The second kappa shape index (κ2) is 5.00. The monoisotopic (exact) mass is 290 g/mol. The summed E-state index contributed by atoms with van der Waals surface area (Å²) >= 11 is 0. The van der Waals surface area contributed by atoms with Crippen LogP contribution in [0.2, 0.25) is 0 Å². The summed E-state index contributed by atoms with van der Waals surface area (Å²) in [6, 6.07) is 0. The van der Waals surface area contributed by atoms with E-state index in [1.165, 1.54) is 6.20 Å². The van der Waals surface area contributed by atoms with Gasteiger partial charge in [-0.15, -0.1) is 0 Å². The number of rotatable bonds is 4. The van der Waals surface area contributed by atoms with Crippen LogP contribution >= 0.6 is 0 Å². The molecule has 21 heavy (non-hydrogen) atoms. The van der Waals surface area contributed by atoms with E-state index in [2.05, 4.69) is 16.9 Å². The van der Waals surface area contributed by atoms with E-state index in [0.29, 0.717) is 18.0 Å². The SMILES string of the molecule is CN(CC1(C)CCCO1)c1nccn2cc(C(=O)O)nc12. The number of ether oxygens (including phenoxy) is 1. The first kappa shape index (κ1) is 13.8. The first-order valence-electron chi connectivity index (χ1n) is 6.91. The van der Waals surface area contributed by atoms with Gasteiger partial charge in [-0.05, 0) is 19.8 Å². The Morgan fingerprint density at radius 2 is 2.43 bits per heavy atom. The highest BCUT2D eigenvalue weighted by Gasteiger charge is 2.32. The standard InChI is InChI=1S/C14H18N4O3/c1-14(4-3-7-21-14)9-17(2)11-12-16-10(13(19)20)8-18(12)6-5-15-11/h5-6,8H,3-4,7,9H2,1-2H3,(H,19,20). The predicted octanol–water partition coefficient (Wildman–Crippen LogP) is 1.43. The van der Waals surface area contributed by atoms with Crippen LogP contribution < -0.4 is 4.90 Å². The number of imidazole rings is 1. The van der Waals surface area contributed by atoms with Gasteiger partial charge in [-0.25, -0.2) is 14.8 Å². The summed E-state index contributed by atoms with van der Waals surface area (Å²) < 4.78 is 7.48. The molecular weight excluding hydrogens is 272 g/mol. The lowest BCUT2D eigenvalue weighted by atomic mass is 10.0. The number of fused-ring (bicyclic) bond motifs is 1. The minimum atomic E-state index is -1.04. The van der Waals surface area contributed by atoms with Crippen molar-refractivity contribution in [1.29, 1.82) is 0 Å². The summed E-state index contributed by atoms with van der Waals surface area (Å²) in [5, 5.41) is 9.06. The first-order chi connectivity index (χ1) is 9.98. The summed E-state index contributed by atoms with van der Waals surface area (Å²) in [4.78, 5) is 21.5. The molecule has 3 heterocycles. The quantitative estimate of drug-likeness (QED) is 0.917. The topological polar surface area (TPSA) is 80.0 Å². The number of nitrogens with zero attached hydrogens (tertiary/aromatic N) is 4. The Balaban J connectivity index is 1.93. The largest absolute Gasteiger partial charge is 0.476 e. The summed E-state index contributed by atoms with van der Waals surface area (Å²) in [7, 11) is 1.92. The molecule has 0 aromatic carbocycles. The van der Waals surface area contributed by atoms with Gasteiger partial charge >= 0.3 is 5.97 Å². The molecule has 0 bridgehead atoms. The number of hydrogen-bond acceptors (Lipinski definition) is 5. The molecular formula is C14H18N4O3. The molecule has 2 aromatic rings. The van der Waals surface area contributed by atoms with Crippen molar-refractivity contribution >= 4 is 17.4 Å². The van der Waals surface area contributed by atoms with Gasteiger partial charge in [0, 0.05) is 38.8 Å². The van der Waals surface area contributed by atoms with E-state index >= 15 is 0 Å². The lowest BCUT2D eigenvalue weighted by Crippen LogP contribution is -2.39. The van der Waals surface area contributed by atoms with Crippen molar-refractivity contribution in [3.05, 3.63) is 24.3 Å². The van der Waals surface area contributed by atoms with Crippen molar-refractivity contribution in [3.8, 4) is 0 Å². The van der Waals surface area contributed by atoms with Gasteiger partial charge in [0.2, 0.25) is 0 Å². The molecule has 1 atom stereocenters. The van der Waals surface area contributed by atoms with E-state index in [1.54, 1.807) is 16.8 Å². The number of carboxylic acid groups (broad SMARTS) is 1. The van der Waals surface area contributed by atoms with E-state index in [1.807, 2.05) is 11.9 Å². The number of carboxylic acids is 1. The van der Waals surface area contributed by atoms with E-state index in [4.69, 9.17) is 9.84 Å². The number of likely N-dealkylation sites (N-methyl/N-ethyl adjacent to an activating group) is 1. The molecule has 7 nitrogen and oxygen atoms in total. The van der Waals surface area contributed by atoms with Crippen LogP contribution in [0.3, 0.4) is 0 Å². The molecule has 1 fully saturated rings. The van der Waals surface area contributed by atoms with Gasteiger partial charge in [0.15, 0.2) is 17.2 Å². The molecule has 0 spiro atoms. The second-order valence-corrected chi connectivity index (χ2v) is 5.67. The number of carbonyl (C=O) groups is 1. The molecule has 112 valence electrons. The van der Waals surface area contributed by atoms with Crippen LogP contribution in [-0.2, 0) is 4.74 Å². The molecule has 0 amide bonds. The van der Waals surface area contributed by atoms with Crippen molar-refractivity contribution in [2.45, 2.75) is 25.4 Å². The zero-order valence-corrected chi connectivity index (χ0v) is 12.1. The predicted molar refractivity (Wildman–Crippen MR) is 76.8 cm³/mol. The summed E-state index contributed by atoms with van der Waals surface area (Å²) in [6.07, 6.45) is 6.90. The fraction of sp³-hybridized carbons (Fsp3) is 0.500. The van der Waals surface area contributed by atoms with E-state index in [-0.39, 0.29) is 11.3 Å². The maximum atomic E-state index is 11.1.